The summed E-state index contributed by atoms with van der Waals surface area (Å²) in [6.07, 6.45) is 3.79. The lowest BCUT2D eigenvalue weighted by atomic mass is 10.1. The summed E-state index contributed by atoms with van der Waals surface area (Å²) in [4.78, 5) is 4.30. The Morgan fingerprint density at radius 2 is 2.17 bits per heavy atom. The van der Waals surface area contributed by atoms with Crippen molar-refractivity contribution >= 4 is 23.1 Å². The zero-order valence-corrected chi connectivity index (χ0v) is 9.46. The molecule has 0 amide bonds. The number of benzene rings is 1. The molecule has 0 atom stereocenters. The quantitative estimate of drug-likeness (QED) is 0.760. The third kappa shape index (κ3) is 1.62. The first-order valence-corrected chi connectivity index (χ1v) is 5.82. The number of nitrogens with zero attached hydrogens (tertiary/aromatic N) is 3. The summed E-state index contributed by atoms with van der Waals surface area (Å²) in [7, 11) is 0. The van der Waals surface area contributed by atoms with Crippen molar-refractivity contribution in [1.82, 2.24) is 15.2 Å². The van der Waals surface area contributed by atoms with Crippen LogP contribution >= 0.6 is 0 Å². The van der Waals surface area contributed by atoms with Crippen molar-refractivity contribution in [2.75, 3.05) is 5.32 Å². The first-order valence-electron chi connectivity index (χ1n) is 5.82. The Bertz CT molecular complexity index is 685. The van der Waals surface area contributed by atoms with Crippen LogP contribution in [0.5, 0.6) is 0 Å². The molecule has 0 aliphatic heterocycles. The molecule has 0 bridgehead atoms. The molecule has 3 aromatic rings. The van der Waals surface area contributed by atoms with Gasteiger partial charge in [0.15, 0.2) is 5.58 Å². The molecule has 4 rings (SSSR count). The van der Waals surface area contributed by atoms with Crippen LogP contribution in [0.2, 0.25) is 0 Å². The maximum Gasteiger partial charge on any atom is 0.323 e. The fourth-order valence-corrected chi connectivity index (χ4v) is 1.98. The molecule has 6 heteroatoms. The summed E-state index contributed by atoms with van der Waals surface area (Å²) >= 11 is 0. The van der Waals surface area contributed by atoms with Crippen LogP contribution in [0, 0.1) is 0 Å². The lowest BCUT2D eigenvalue weighted by Gasteiger charge is -1.94. The Balaban J connectivity index is 1.70. The molecule has 1 aromatic carbocycles. The van der Waals surface area contributed by atoms with Gasteiger partial charge in [-0.3, -0.25) is 5.32 Å². The van der Waals surface area contributed by atoms with Gasteiger partial charge in [0, 0.05) is 0 Å². The van der Waals surface area contributed by atoms with Crippen molar-refractivity contribution < 1.29 is 8.83 Å². The van der Waals surface area contributed by atoms with Crippen LogP contribution in [0.3, 0.4) is 0 Å². The Kier molecular flexibility index (Phi) is 1.91. The van der Waals surface area contributed by atoms with E-state index in [-0.39, 0.29) is 6.01 Å². The van der Waals surface area contributed by atoms with E-state index in [9.17, 15) is 0 Å². The monoisotopic (exact) mass is 242 g/mol. The Morgan fingerprint density at radius 3 is 2.94 bits per heavy atom. The SMILES string of the molecule is c1nnc(Nc2nc3ccc(C4CC4)cc3o2)o1. The second-order valence-electron chi connectivity index (χ2n) is 4.39. The molecule has 0 saturated heterocycles. The summed E-state index contributed by atoms with van der Waals surface area (Å²) in [5.41, 5.74) is 2.92. The molecule has 0 radical (unpaired) electrons. The first-order chi connectivity index (χ1) is 8.88. The topological polar surface area (TPSA) is 77.0 Å². The van der Waals surface area contributed by atoms with Crippen LogP contribution in [0.25, 0.3) is 11.1 Å². The van der Waals surface area contributed by atoms with E-state index in [1.165, 1.54) is 24.8 Å². The predicted octanol–water partition coefficient (Wildman–Crippen LogP) is 2.83. The summed E-state index contributed by atoms with van der Waals surface area (Å²) in [5.74, 6) is 0.701. The first kappa shape index (κ1) is 9.64. The van der Waals surface area contributed by atoms with Gasteiger partial charge in [-0.15, -0.1) is 5.10 Å². The molecular weight excluding hydrogens is 232 g/mol. The number of hydrogen-bond donors (Lipinski definition) is 1. The van der Waals surface area contributed by atoms with Crippen LogP contribution < -0.4 is 5.32 Å². The molecule has 1 fully saturated rings. The molecule has 18 heavy (non-hydrogen) atoms. The minimum atomic E-state index is 0.268. The summed E-state index contributed by atoms with van der Waals surface area (Å²) in [6.45, 7) is 0. The molecule has 0 spiro atoms. The highest BCUT2D eigenvalue weighted by molar-refractivity contribution is 5.76. The van der Waals surface area contributed by atoms with E-state index in [0.29, 0.717) is 11.9 Å². The van der Waals surface area contributed by atoms with Gasteiger partial charge >= 0.3 is 12.0 Å². The van der Waals surface area contributed by atoms with Gasteiger partial charge in [-0.1, -0.05) is 11.2 Å². The zero-order valence-electron chi connectivity index (χ0n) is 9.46. The smallest absolute Gasteiger partial charge is 0.323 e. The van der Waals surface area contributed by atoms with Gasteiger partial charge in [-0.2, -0.15) is 4.98 Å². The van der Waals surface area contributed by atoms with E-state index in [2.05, 4.69) is 32.6 Å². The minimum absolute atomic E-state index is 0.268. The third-order valence-corrected chi connectivity index (χ3v) is 3.04. The maximum atomic E-state index is 5.61. The van der Waals surface area contributed by atoms with E-state index < -0.39 is 0 Å². The number of rotatable bonds is 3. The van der Waals surface area contributed by atoms with Crippen molar-refractivity contribution in [3.63, 3.8) is 0 Å². The normalized spacial score (nSPS) is 15.1. The summed E-state index contributed by atoms with van der Waals surface area (Å²) in [6, 6.07) is 6.77. The van der Waals surface area contributed by atoms with Crippen molar-refractivity contribution in [2.24, 2.45) is 0 Å². The van der Waals surface area contributed by atoms with Gasteiger partial charge in [-0.05, 0) is 36.5 Å². The number of oxazole rings is 1. The van der Waals surface area contributed by atoms with Crippen LogP contribution in [0.1, 0.15) is 24.3 Å². The van der Waals surface area contributed by atoms with Gasteiger partial charge in [0.05, 0.1) is 0 Å². The molecule has 1 aliphatic rings. The Labute approximate surface area is 102 Å². The second-order valence-corrected chi connectivity index (χ2v) is 4.39. The van der Waals surface area contributed by atoms with E-state index in [1.54, 1.807) is 0 Å². The van der Waals surface area contributed by atoms with Crippen LogP contribution in [-0.4, -0.2) is 15.2 Å². The maximum absolute atomic E-state index is 5.61. The zero-order chi connectivity index (χ0) is 11.9. The number of hydrogen-bond acceptors (Lipinski definition) is 6. The predicted molar refractivity (Wildman–Crippen MR) is 63.6 cm³/mol. The number of nitrogens with one attached hydrogen (secondary N) is 1. The highest BCUT2D eigenvalue weighted by atomic mass is 16.4. The van der Waals surface area contributed by atoms with Gasteiger partial charge in [0.2, 0.25) is 6.39 Å². The second kappa shape index (κ2) is 3.56. The fraction of sp³-hybridized carbons (Fsp3) is 0.250. The van der Waals surface area contributed by atoms with Gasteiger partial charge in [0.25, 0.3) is 0 Å². The van der Waals surface area contributed by atoms with Crippen LogP contribution in [-0.2, 0) is 0 Å². The van der Waals surface area contributed by atoms with Crippen LogP contribution in [0.15, 0.2) is 33.4 Å². The molecule has 1 saturated carbocycles. The standard InChI is InChI=1S/C12H10N4O2/c1-2-7(1)8-3-4-9-10(5-8)18-11(14-9)15-12-16-13-6-17-12/h3-7H,1-2H2,(H,14,15,16). The lowest BCUT2D eigenvalue weighted by Crippen LogP contribution is -1.89. The highest BCUT2D eigenvalue weighted by Crippen LogP contribution is 2.41. The minimum Gasteiger partial charge on any atom is -0.423 e. The molecule has 1 aliphatic carbocycles. The van der Waals surface area contributed by atoms with E-state index >= 15 is 0 Å². The summed E-state index contributed by atoms with van der Waals surface area (Å²) in [5, 5.41) is 10.1. The summed E-state index contributed by atoms with van der Waals surface area (Å²) < 4.78 is 10.6. The molecular formula is C12H10N4O2. The van der Waals surface area contributed by atoms with Gasteiger partial charge < -0.3 is 8.83 Å². The van der Waals surface area contributed by atoms with Crippen molar-refractivity contribution in [2.45, 2.75) is 18.8 Å². The highest BCUT2D eigenvalue weighted by Gasteiger charge is 2.24. The Morgan fingerprint density at radius 1 is 1.22 bits per heavy atom. The average molecular weight is 242 g/mol. The largest absolute Gasteiger partial charge is 0.423 e. The Hall–Kier alpha value is -2.37. The molecule has 2 aromatic heterocycles. The number of fused-ring (bicyclic) bond motifs is 1. The number of aromatic nitrogens is 3. The van der Waals surface area contributed by atoms with E-state index in [4.69, 9.17) is 8.83 Å². The molecule has 2 heterocycles. The van der Waals surface area contributed by atoms with Crippen LogP contribution in [0.4, 0.5) is 12.0 Å². The van der Waals surface area contributed by atoms with Crippen molar-refractivity contribution in [1.29, 1.82) is 0 Å². The van der Waals surface area contributed by atoms with Gasteiger partial charge in [0.1, 0.15) is 5.52 Å². The fourth-order valence-electron chi connectivity index (χ4n) is 1.98. The molecule has 0 unspecified atom stereocenters. The lowest BCUT2D eigenvalue weighted by molar-refractivity contribution is 0.559. The van der Waals surface area contributed by atoms with E-state index in [1.807, 2.05) is 6.07 Å². The molecule has 6 nitrogen and oxygen atoms in total. The third-order valence-electron chi connectivity index (χ3n) is 3.04. The van der Waals surface area contributed by atoms with Crippen molar-refractivity contribution in [3.05, 3.63) is 30.2 Å². The average Bonchev–Trinajstić information content (AvgIpc) is 2.96. The van der Waals surface area contributed by atoms with Gasteiger partial charge in [-0.25, -0.2) is 0 Å². The van der Waals surface area contributed by atoms with Crippen molar-refractivity contribution in [3.8, 4) is 0 Å². The van der Waals surface area contributed by atoms with E-state index in [0.717, 1.165) is 11.1 Å². The molecule has 1 N–H and O–H groups in total. The number of anilines is 2. The molecule has 90 valence electrons.